The summed E-state index contributed by atoms with van der Waals surface area (Å²) in [5.74, 6) is 2.31. The highest BCUT2D eigenvalue weighted by atomic mass is 32.1. The van der Waals surface area contributed by atoms with Crippen LogP contribution in [0.3, 0.4) is 0 Å². The normalized spacial score (nSPS) is 20.7. The number of halogens is 3. The summed E-state index contributed by atoms with van der Waals surface area (Å²) in [7, 11) is 0. The smallest absolute Gasteiger partial charge is 0.423 e. The van der Waals surface area contributed by atoms with Crippen molar-refractivity contribution in [1.29, 1.82) is 0 Å². The lowest BCUT2D eigenvalue weighted by Crippen LogP contribution is -2.36. The lowest BCUT2D eigenvalue weighted by Gasteiger charge is -2.19. The first-order valence-corrected chi connectivity index (χ1v) is 10.6. The van der Waals surface area contributed by atoms with Gasteiger partial charge < -0.3 is 19.5 Å². The maximum Gasteiger partial charge on any atom is 0.423 e. The molecule has 1 aromatic heterocycles. The molecule has 1 aliphatic heterocycles. The van der Waals surface area contributed by atoms with Crippen LogP contribution in [-0.4, -0.2) is 46.7 Å². The van der Waals surface area contributed by atoms with Gasteiger partial charge in [0.05, 0.1) is 6.10 Å². The van der Waals surface area contributed by atoms with Crippen molar-refractivity contribution >= 4 is 17.4 Å². The van der Waals surface area contributed by atoms with Gasteiger partial charge in [-0.2, -0.15) is 13.2 Å². The summed E-state index contributed by atoms with van der Waals surface area (Å²) in [6, 6.07) is 0. The highest BCUT2D eigenvalue weighted by Crippen LogP contribution is 2.32. The lowest BCUT2D eigenvalue weighted by molar-refractivity contribution is -0.139. The Morgan fingerprint density at radius 3 is 2.81 bits per heavy atom. The number of nitrogens with one attached hydrogen (secondary N) is 2. The highest BCUT2D eigenvalue weighted by molar-refractivity contribution is 7.80. The van der Waals surface area contributed by atoms with Crippen LogP contribution in [0.25, 0.3) is 0 Å². The third-order valence-electron chi connectivity index (χ3n) is 4.82. The van der Waals surface area contributed by atoms with E-state index in [2.05, 4.69) is 18.2 Å². The highest BCUT2D eigenvalue weighted by Gasteiger charge is 2.40. The van der Waals surface area contributed by atoms with E-state index >= 15 is 0 Å². The average Bonchev–Trinajstić information content (AvgIpc) is 3.12. The van der Waals surface area contributed by atoms with E-state index < -0.39 is 41.4 Å². The molecule has 0 amide bonds. The minimum Gasteiger partial charge on any atom is -0.468 e. The van der Waals surface area contributed by atoms with E-state index in [1.54, 1.807) is 4.98 Å². The number of terminal acetylenes is 1. The number of alkyl halides is 3. The molecule has 0 aromatic carbocycles. The monoisotopic (exact) mass is 477 g/mol. The van der Waals surface area contributed by atoms with Crippen molar-refractivity contribution in [2.45, 2.75) is 63.6 Å². The Morgan fingerprint density at radius 1 is 1.41 bits per heavy atom. The van der Waals surface area contributed by atoms with E-state index in [1.807, 2.05) is 0 Å². The van der Waals surface area contributed by atoms with Crippen LogP contribution in [0.5, 0.6) is 0 Å². The molecule has 3 atom stereocenters. The summed E-state index contributed by atoms with van der Waals surface area (Å²) in [6.45, 7) is 2.64. The Balaban J connectivity index is 2.06. The lowest BCUT2D eigenvalue weighted by atomic mass is 10.2. The van der Waals surface area contributed by atoms with E-state index in [-0.39, 0.29) is 24.8 Å². The molecule has 0 aliphatic carbocycles. The van der Waals surface area contributed by atoms with Crippen LogP contribution in [-0.2, 0) is 20.4 Å². The number of hydrogen-bond donors (Lipinski definition) is 2. The zero-order valence-electron chi connectivity index (χ0n) is 17.6. The van der Waals surface area contributed by atoms with Crippen molar-refractivity contribution in [2.24, 2.45) is 0 Å². The van der Waals surface area contributed by atoms with Gasteiger partial charge in [-0.1, -0.05) is 32.1 Å². The van der Waals surface area contributed by atoms with E-state index in [9.17, 15) is 22.8 Å². The van der Waals surface area contributed by atoms with Crippen molar-refractivity contribution in [3.05, 3.63) is 32.6 Å². The number of ether oxygens (including phenoxy) is 3. The van der Waals surface area contributed by atoms with Gasteiger partial charge in [0.2, 0.25) is 0 Å². The first-order chi connectivity index (χ1) is 15.2. The van der Waals surface area contributed by atoms with Gasteiger partial charge in [-0.15, -0.1) is 6.42 Å². The molecule has 2 N–H and O–H groups in total. The third-order valence-corrected chi connectivity index (χ3v) is 5.09. The van der Waals surface area contributed by atoms with Gasteiger partial charge in [0.1, 0.15) is 31.1 Å². The summed E-state index contributed by atoms with van der Waals surface area (Å²) in [6.07, 6.45) is 2.47. The summed E-state index contributed by atoms with van der Waals surface area (Å²) >= 11 is 5.13. The summed E-state index contributed by atoms with van der Waals surface area (Å²) in [4.78, 5) is 25.3. The van der Waals surface area contributed by atoms with E-state index in [0.717, 1.165) is 25.7 Å². The van der Waals surface area contributed by atoms with Gasteiger partial charge in [0, 0.05) is 19.2 Å². The molecule has 0 radical (unpaired) electrons. The molecule has 0 spiro atoms. The Kier molecular flexibility index (Phi) is 9.74. The van der Waals surface area contributed by atoms with Gasteiger partial charge in [-0.25, -0.2) is 4.79 Å². The Labute approximate surface area is 188 Å². The summed E-state index contributed by atoms with van der Waals surface area (Å²) in [5.41, 5.74) is -4.06. The van der Waals surface area contributed by atoms with Crippen LogP contribution in [0.1, 0.15) is 50.8 Å². The Bertz CT molecular complexity index is 925. The Morgan fingerprint density at radius 2 is 2.16 bits per heavy atom. The molecule has 1 aliphatic rings. The molecule has 178 valence electrons. The molecule has 12 heteroatoms. The second-order valence-corrected chi connectivity index (χ2v) is 7.58. The fourth-order valence-corrected chi connectivity index (χ4v) is 3.37. The second-order valence-electron chi connectivity index (χ2n) is 7.21. The Hall–Kier alpha value is -2.36. The number of aromatic amines is 1. The van der Waals surface area contributed by atoms with Gasteiger partial charge in [0.15, 0.2) is 0 Å². The largest absolute Gasteiger partial charge is 0.468 e. The molecule has 0 bridgehead atoms. The van der Waals surface area contributed by atoms with Crippen LogP contribution in [0.2, 0.25) is 0 Å². The predicted molar refractivity (Wildman–Crippen MR) is 114 cm³/mol. The fraction of sp³-hybridized carbons (Fsp3) is 0.650. The topological polar surface area (TPSA) is 94.6 Å². The second kappa shape index (κ2) is 12.0. The summed E-state index contributed by atoms with van der Waals surface area (Å²) in [5, 5.41) is 3.12. The molecule has 1 saturated heterocycles. The average molecular weight is 478 g/mol. The van der Waals surface area contributed by atoms with Gasteiger partial charge in [-0.3, -0.25) is 14.3 Å². The predicted octanol–water partition coefficient (Wildman–Crippen LogP) is 2.33. The molecule has 0 unspecified atom stereocenters. The SMILES string of the molecule is C#CCO[C@H]1C[C@H](n2cc(C(F)(F)F)c(=O)[nH]c2=O)O[C@@H]1COC(=S)NCCCCCC. The van der Waals surface area contributed by atoms with Crippen molar-refractivity contribution < 1.29 is 27.4 Å². The number of hydrogen-bond acceptors (Lipinski definition) is 6. The van der Waals surface area contributed by atoms with Crippen LogP contribution in [0.15, 0.2) is 15.8 Å². The van der Waals surface area contributed by atoms with E-state index in [0.29, 0.717) is 17.3 Å². The van der Waals surface area contributed by atoms with Gasteiger partial charge in [0.25, 0.3) is 10.7 Å². The standard InChI is InChI=1S/C20H26F3N3O5S/c1-3-5-6-7-8-24-19(32)30-12-15-14(29-9-4-2)10-16(31-15)26-11-13(20(21,22)23)17(27)25-18(26)28/h2,11,14-16H,3,5-10,12H2,1H3,(H,24,32)(H,25,27,28)/t14-,15+,16+/m0/s1. The fourth-order valence-electron chi connectivity index (χ4n) is 3.20. The molecule has 2 heterocycles. The minimum absolute atomic E-state index is 0.0240. The molecule has 8 nitrogen and oxygen atoms in total. The molecule has 32 heavy (non-hydrogen) atoms. The zero-order valence-corrected chi connectivity index (χ0v) is 18.4. The molecule has 1 aromatic rings. The number of H-pyrrole nitrogens is 1. The van der Waals surface area contributed by atoms with E-state index in [4.69, 9.17) is 32.9 Å². The number of rotatable bonds is 10. The van der Waals surface area contributed by atoms with Crippen molar-refractivity contribution in [2.75, 3.05) is 19.8 Å². The van der Waals surface area contributed by atoms with Crippen LogP contribution in [0.4, 0.5) is 13.2 Å². The molecule has 0 saturated carbocycles. The number of nitrogens with zero attached hydrogens (tertiary/aromatic N) is 1. The van der Waals surface area contributed by atoms with Gasteiger partial charge in [-0.05, 0) is 18.6 Å². The maximum absolute atomic E-state index is 13.1. The van der Waals surface area contributed by atoms with Crippen molar-refractivity contribution in [3.63, 3.8) is 0 Å². The quantitative estimate of drug-likeness (QED) is 0.304. The number of aromatic nitrogens is 2. The first kappa shape index (κ1) is 25.9. The van der Waals surface area contributed by atoms with Crippen LogP contribution < -0.4 is 16.6 Å². The molecule has 2 rings (SSSR count). The molecular formula is C20H26F3N3O5S. The molecular weight excluding hydrogens is 451 g/mol. The minimum atomic E-state index is -4.93. The number of thiocarbonyl (C=S) groups is 1. The van der Waals surface area contributed by atoms with E-state index in [1.165, 1.54) is 0 Å². The van der Waals surface area contributed by atoms with Crippen molar-refractivity contribution in [3.8, 4) is 12.3 Å². The molecule has 1 fully saturated rings. The first-order valence-electron chi connectivity index (χ1n) is 10.2. The third kappa shape index (κ3) is 7.36. The van der Waals surface area contributed by atoms with Crippen LogP contribution >= 0.6 is 12.2 Å². The van der Waals surface area contributed by atoms with Crippen LogP contribution in [0, 0.1) is 12.3 Å². The van der Waals surface area contributed by atoms with Crippen molar-refractivity contribution in [1.82, 2.24) is 14.9 Å². The zero-order chi connectivity index (χ0) is 23.7. The van der Waals surface area contributed by atoms with Gasteiger partial charge >= 0.3 is 11.9 Å². The number of unbranched alkanes of at least 4 members (excludes halogenated alkanes) is 3. The summed E-state index contributed by atoms with van der Waals surface area (Å²) < 4.78 is 56.7. The maximum atomic E-state index is 13.1.